The van der Waals surface area contributed by atoms with Gasteiger partial charge in [-0.1, -0.05) is 29.8 Å². The lowest BCUT2D eigenvalue weighted by atomic mass is 9.97. The van der Waals surface area contributed by atoms with Gasteiger partial charge in [-0.15, -0.1) is 0 Å². The number of nitrogens with zero attached hydrogens (tertiary/aromatic N) is 3. The van der Waals surface area contributed by atoms with Crippen LogP contribution in [0.2, 0.25) is 5.02 Å². The van der Waals surface area contributed by atoms with Crippen LogP contribution in [-0.4, -0.2) is 23.3 Å². The Morgan fingerprint density at radius 2 is 2.00 bits per heavy atom. The highest BCUT2D eigenvalue weighted by Gasteiger charge is 2.34. The first-order valence-electron chi connectivity index (χ1n) is 9.49. The molecule has 1 fully saturated rings. The van der Waals surface area contributed by atoms with Crippen molar-refractivity contribution in [1.29, 1.82) is 5.26 Å². The summed E-state index contributed by atoms with van der Waals surface area (Å²) in [4.78, 5) is 30.0. The normalized spacial score (nSPS) is 15.5. The minimum Gasteiger partial charge on any atom is -0.456 e. The summed E-state index contributed by atoms with van der Waals surface area (Å²) < 4.78 is 6.04. The van der Waals surface area contributed by atoms with Gasteiger partial charge in [0.1, 0.15) is 23.4 Å². The Morgan fingerprint density at radius 3 is 2.77 bits per heavy atom. The van der Waals surface area contributed by atoms with Crippen LogP contribution in [0, 0.1) is 11.3 Å². The van der Waals surface area contributed by atoms with Crippen molar-refractivity contribution >= 4 is 29.2 Å². The molecule has 0 unspecified atom stereocenters. The molecule has 1 atom stereocenters. The molecule has 0 aliphatic carbocycles. The maximum atomic E-state index is 12.7. The molecule has 2 aromatic carbocycles. The third-order valence-corrected chi connectivity index (χ3v) is 5.31. The second-order valence-electron chi connectivity index (χ2n) is 7.06. The molecule has 7 nitrogen and oxygen atoms in total. The van der Waals surface area contributed by atoms with Crippen molar-refractivity contribution in [1.82, 2.24) is 4.98 Å². The third-order valence-electron chi connectivity index (χ3n) is 5.07. The van der Waals surface area contributed by atoms with Gasteiger partial charge in [-0.3, -0.25) is 14.5 Å². The van der Waals surface area contributed by atoms with Crippen LogP contribution in [0.3, 0.4) is 0 Å². The second kappa shape index (κ2) is 8.46. The Bertz CT molecular complexity index is 1220. The highest BCUT2D eigenvalue weighted by atomic mass is 35.5. The van der Waals surface area contributed by atoms with Gasteiger partial charge in [0.2, 0.25) is 11.8 Å². The van der Waals surface area contributed by atoms with Crippen LogP contribution >= 0.6 is 11.6 Å². The van der Waals surface area contributed by atoms with E-state index >= 15 is 0 Å². The Labute approximate surface area is 183 Å². The van der Waals surface area contributed by atoms with Crippen molar-refractivity contribution < 1.29 is 14.3 Å². The number of hydrogen-bond acceptors (Lipinski definition) is 5. The van der Waals surface area contributed by atoms with Gasteiger partial charge in [0.05, 0.1) is 5.56 Å². The first-order valence-corrected chi connectivity index (χ1v) is 9.86. The molecule has 31 heavy (non-hydrogen) atoms. The number of primary amides is 1. The van der Waals surface area contributed by atoms with Gasteiger partial charge >= 0.3 is 0 Å². The van der Waals surface area contributed by atoms with E-state index in [4.69, 9.17) is 22.1 Å². The number of halogens is 1. The van der Waals surface area contributed by atoms with Crippen molar-refractivity contribution in [3.8, 4) is 17.6 Å². The van der Waals surface area contributed by atoms with Gasteiger partial charge < -0.3 is 10.5 Å². The number of amides is 2. The largest absolute Gasteiger partial charge is 0.456 e. The van der Waals surface area contributed by atoms with Gasteiger partial charge in [0.25, 0.3) is 0 Å². The van der Waals surface area contributed by atoms with Crippen LogP contribution in [0.25, 0.3) is 0 Å². The molecular weight excluding hydrogens is 416 g/mol. The summed E-state index contributed by atoms with van der Waals surface area (Å²) in [7, 11) is 0. The minimum atomic E-state index is -0.587. The van der Waals surface area contributed by atoms with Crippen LogP contribution < -0.4 is 15.4 Å². The Kier molecular flexibility index (Phi) is 5.56. The highest BCUT2D eigenvalue weighted by Crippen LogP contribution is 2.39. The molecule has 2 N–H and O–H groups in total. The molecular formula is C23H17ClN4O3. The quantitative estimate of drug-likeness (QED) is 0.654. The smallest absolute Gasteiger partial charge is 0.248 e. The fourth-order valence-electron chi connectivity index (χ4n) is 3.56. The number of nitriles is 1. The molecule has 2 heterocycles. The van der Waals surface area contributed by atoms with Crippen molar-refractivity contribution in [3.63, 3.8) is 0 Å². The summed E-state index contributed by atoms with van der Waals surface area (Å²) in [5.41, 5.74) is 6.81. The van der Waals surface area contributed by atoms with Crippen molar-refractivity contribution in [2.75, 3.05) is 11.4 Å². The van der Waals surface area contributed by atoms with Crippen LogP contribution in [0.1, 0.15) is 33.8 Å². The lowest BCUT2D eigenvalue weighted by Gasteiger charge is -2.18. The van der Waals surface area contributed by atoms with Crippen LogP contribution in [0.15, 0.2) is 60.8 Å². The van der Waals surface area contributed by atoms with E-state index in [1.807, 2.05) is 6.07 Å². The average Bonchev–Trinajstić information content (AvgIpc) is 3.15. The maximum absolute atomic E-state index is 12.7. The van der Waals surface area contributed by atoms with Gasteiger partial charge in [-0.2, -0.15) is 5.26 Å². The van der Waals surface area contributed by atoms with E-state index in [0.29, 0.717) is 34.4 Å². The highest BCUT2D eigenvalue weighted by molar-refractivity contribution is 6.30. The van der Waals surface area contributed by atoms with Crippen molar-refractivity contribution in [3.05, 3.63) is 82.5 Å². The molecule has 1 aliphatic rings. The lowest BCUT2D eigenvalue weighted by molar-refractivity contribution is -0.117. The molecule has 1 aliphatic heterocycles. The molecule has 4 rings (SSSR count). The Hall–Kier alpha value is -3.89. The summed E-state index contributed by atoms with van der Waals surface area (Å²) >= 11 is 6.19. The number of para-hydroxylation sites is 1. The molecule has 3 aromatic rings. The van der Waals surface area contributed by atoms with E-state index in [9.17, 15) is 14.9 Å². The molecule has 1 aromatic heterocycles. The lowest BCUT2D eigenvalue weighted by Crippen LogP contribution is -2.26. The van der Waals surface area contributed by atoms with E-state index in [1.165, 1.54) is 23.2 Å². The van der Waals surface area contributed by atoms with E-state index in [-0.39, 0.29) is 23.8 Å². The monoisotopic (exact) mass is 432 g/mol. The standard InChI is InChI=1S/C23H17ClN4O3/c24-17-5-6-18(20(11-17)31-19-4-2-1-3-15(19)12-25)16-10-22(29)28(13-16)21-9-14(23(26)30)7-8-27-21/h1-9,11,16H,10,13H2,(H2,26,30)/t16-/m0/s1. The number of carbonyl (C=O) groups excluding carboxylic acids is 2. The molecule has 2 amide bonds. The first-order chi connectivity index (χ1) is 15.0. The predicted molar refractivity (Wildman–Crippen MR) is 115 cm³/mol. The van der Waals surface area contributed by atoms with Gasteiger partial charge in [0, 0.05) is 41.2 Å². The average molecular weight is 433 g/mol. The number of pyridine rings is 1. The molecule has 154 valence electrons. The molecule has 0 spiro atoms. The number of nitrogens with two attached hydrogens (primary N) is 1. The van der Waals surface area contributed by atoms with Crippen LogP contribution in [-0.2, 0) is 4.79 Å². The molecule has 0 bridgehead atoms. The summed E-state index contributed by atoms with van der Waals surface area (Å²) in [5.74, 6) is 0.358. The predicted octanol–water partition coefficient (Wildman–Crippen LogP) is 4.02. The zero-order valence-corrected chi connectivity index (χ0v) is 17.0. The SMILES string of the molecule is N#Cc1ccccc1Oc1cc(Cl)ccc1[C@H]1CC(=O)N(c2cc(C(N)=O)ccn2)C1. The number of carbonyl (C=O) groups is 2. The van der Waals surface area contributed by atoms with E-state index in [1.54, 1.807) is 36.4 Å². The van der Waals surface area contributed by atoms with E-state index < -0.39 is 5.91 Å². The summed E-state index contributed by atoms with van der Waals surface area (Å²) in [6.07, 6.45) is 1.69. The molecule has 1 saturated heterocycles. The van der Waals surface area contributed by atoms with Crippen molar-refractivity contribution in [2.24, 2.45) is 5.73 Å². The summed E-state index contributed by atoms with van der Waals surface area (Å²) in [6, 6.07) is 17.2. The summed E-state index contributed by atoms with van der Waals surface area (Å²) in [6.45, 7) is 0.353. The van der Waals surface area contributed by atoms with Gasteiger partial charge in [0.15, 0.2) is 0 Å². The Morgan fingerprint density at radius 1 is 1.19 bits per heavy atom. The topological polar surface area (TPSA) is 109 Å². The third kappa shape index (κ3) is 4.20. The van der Waals surface area contributed by atoms with Crippen LogP contribution in [0.4, 0.5) is 5.82 Å². The Balaban J connectivity index is 1.65. The maximum Gasteiger partial charge on any atom is 0.248 e. The van der Waals surface area contributed by atoms with Gasteiger partial charge in [-0.05, 0) is 36.4 Å². The van der Waals surface area contributed by atoms with Crippen LogP contribution in [0.5, 0.6) is 11.5 Å². The second-order valence-corrected chi connectivity index (χ2v) is 7.50. The van der Waals surface area contributed by atoms with E-state index in [0.717, 1.165) is 5.56 Å². The number of aromatic nitrogens is 1. The summed E-state index contributed by atoms with van der Waals surface area (Å²) in [5, 5.41) is 9.82. The number of benzene rings is 2. The minimum absolute atomic E-state index is 0.127. The zero-order valence-electron chi connectivity index (χ0n) is 16.3. The van der Waals surface area contributed by atoms with E-state index in [2.05, 4.69) is 11.1 Å². The molecule has 0 radical (unpaired) electrons. The van der Waals surface area contributed by atoms with Crippen molar-refractivity contribution in [2.45, 2.75) is 12.3 Å². The first kappa shape index (κ1) is 20.4. The molecule has 8 heteroatoms. The number of ether oxygens (including phenoxy) is 1. The zero-order chi connectivity index (χ0) is 22.0. The van der Waals surface area contributed by atoms with Gasteiger partial charge in [-0.25, -0.2) is 4.98 Å². The number of rotatable bonds is 5. The number of hydrogen-bond donors (Lipinski definition) is 1. The fourth-order valence-corrected chi connectivity index (χ4v) is 3.72. The number of anilines is 1. The fraction of sp³-hybridized carbons (Fsp3) is 0.130. The molecule has 0 saturated carbocycles.